The van der Waals surface area contributed by atoms with Gasteiger partial charge < -0.3 is 5.32 Å². The Morgan fingerprint density at radius 3 is 2.13 bits per heavy atom. The van der Waals surface area contributed by atoms with Crippen LogP contribution in [-0.4, -0.2) is 20.9 Å². The maximum absolute atomic E-state index is 13.5. The number of nitrogens with one attached hydrogen (secondary N) is 1. The number of hydrogen-bond acceptors (Lipinski definition) is 3. The molecule has 162 valence electrons. The third-order valence-electron chi connectivity index (χ3n) is 5.12. The predicted octanol–water partition coefficient (Wildman–Crippen LogP) is 5.21. The molecule has 0 aliphatic heterocycles. The average Bonchev–Trinajstić information content (AvgIpc) is 2.78. The number of benzene rings is 3. The zero-order valence-electron chi connectivity index (χ0n) is 18.1. The lowest BCUT2D eigenvalue weighted by Gasteiger charge is -2.26. The van der Waals surface area contributed by atoms with E-state index in [4.69, 9.17) is 0 Å². The van der Waals surface area contributed by atoms with Crippen LogP contribution in [0.15, 0.2) is 83.8 Å². The Bertz CT molecular complexity index is 1120. The largest absolute Gasteiger partial charge is 0.325 e. The summed E-state index contributed by atoms with van der Waals surface area (Å²) in [6, 6.07) is 23.1. The van der Waals surface area contributed by atoms with E-state index in [0.717, 1.165) is 5.56 Å². The van der Waals surface area contributed by atoms with Crippen molar-refractivity contribution in [2.45, 2.75) is 38.0 Å². The Morgan fingerprint density at radius 2 is 1.52 bits per heavy atom. The second kappa shape index (κ2) is 9.79. The van der Waals surface area contributed by atoms with Crippen LogP contribution in [0, 0.1) is 0 Å². The summed E-state index contributed by atoms with van der Waals surface area (Å²) in [5.41, 5.74) is 3.17. The van der Waals surface area contributed by atoms with Crippen LogP contribution in [0.3, 0.4) is 0 Å². The number of nitrogens with zero attached hydrogens (tertiary/aromatic N) is 1. The van der Waals surface area contributed by atoms with Crippen LogP contribution in [-0.2, 0) is 21.2 Å². The van der Waals surface area contributed by atoms with E-state index in [1.54, 1.807) is 42.5 Å². The molecule has 0 aliphatic carbocycles. The van der Waals surface area contributed by atoms with E-state index in [-0.39, 0.29) is 11.4 Å². The Balaban J connectivity index is 1.92. The maximum atomic E-state index is 13.5. The molecule has 0 spiro atoms. The fourth-order valence-corrected chi connectivity index (χ4v) is 4.83. The van der Waals surface area contributed by atoms with Gasteiger partial charge in [-0.25, -0.2) is 8.42 Å². The molecule has 1 N–H and O–H groups in total. The van der Waals surface area contributed by atoms with Gasteiger partial charge in [-0.15, -0.1) is 0 Å². The van der Waals surface area contributed by atoms with E-state index in [0.29, 0.717) is 23.7 Å². The summed E-state index contributed by atoms with van der Waals surface area (Å²) in [4.78, 5) is 13.0. The van der Waals surface area contributed by atoms with Gasteiger partial charge in [0, 0.05) is 5.69 Å². The monoisotopic (exact) mass is 436 g/mol. The summed E-state index contributed by atoms with van der Waals surface area (Å²) >= 11 is 0. The molecule has 0 fully saturated rings. The summed E-state index contributed by atoms with van der Waals surface area (Å²) < 4.78 is 28.1. The number of carbonyl (C=O) groups is 1. The molecular formula is C25H28N2O3S. The highest BCUT2D eigenvalue weighted by molar-refractivity contribution is 7.92. The minimum atomic E-state index is -3.92. The number of rotatable bonds is 8. The van der Waals surface area contributed by atoms with Gasteiger partial charge in [0.05, 0.1) is 10.6 Å². The van der Waals surface area contributed by atoms with Gasteiger partial charge in [0.1, 0.15) is 6.54 Å². The highest BCUT2D eigenvalue weighted by Gasteiger charge is 2.28. The zero-order chi connectivity index (χ0) is 22.4. The van der Waals surface area contributed by atoms with E-state index < -0.39 is 15.9 Å². The molecule has 31 heavy (non-hydrogen) atoms. The smallest absolute Gasteiger partial charge is 0.264 e. The molecule has 0 aromatic heterocycles. The van der Waals surface area contributed by atoms with Crippen LogP contribution < -0.4 is 9.62 Å². The Hall–Kier alpha value is -3.12. The maximum Gasteiger partial charge on any atom is 0.264 e. The Kier molecular flexibility index (Phi) is 7.13. The molecule has 0 heterocycles. The SMILES string of the molecule is CCc1ccccc1N(CC(=O)Nc1ccc(C(C)C)cc1)S(=O)(=O)c1ccccc1. The number of carbonyl (C=O) groups excluding carboxylic acids is 1. The molecule has 0 aliphatic rings. The Morgan fingerprint density at radius 1 is 0.903 bits per heavy atom. The third kappa shape index (κ3) is 5.33. The second-order valence-electron chi connectivity index (χ2n) is 7.63. The van der Waals surface area contributed by atoms with Crippen molar-refractivity contribution in [3.05, 3.63) is 90.0 Å². The van der Waals surface area contributed by atoms with Crippen LogP contribution in [0.25, 0.3) is 0 Å². The molecule has 3 aromatic carbocycles. The summed E-state index contributed by atoms with van der Waals surface area (Å²) in [7, 11) is -3.92. The van der Waals surface area contributed by atoms with Crippen molar-refractivity contribution in [3.63, 3.8) is 0 Å². The number of aryl methyl sites for hydroxylation is 1. The standard InChI is InChI=1S/C25H28N2O3S/c1-4-20-10-8-9-13-24(20)27(31(29,30)23-11-6-5-7-12-23)18-25(28)26-22-16-14-21(15-17-22)19(2)3/h5-17,19H,4,18H2,1-3H3,(H,26,28). The lowest BCUT2D eigenvalue weighted by Crippen LogP contribution is -2.38. The van der Waals surface area contributed by atoms with Crippen LogP contribution in [0.5, 0.6) is 0 Å². The van der Waals surface area contributed by atoms with Crippen molar-refractivity contribution in [2.24, 2.45) is 0 Å². The summed E-state index contributed by atoms with van der Waals surface area (Å²) in [6.45, 7) is 5.85. The third-order valence-corrected chi connectivity index (χ3v) is 6.89. The van der Waals surface area contributed by atoms with Crippen molar-refractivity contribution >= 4 is 27.3 Å². The quantitative estimate of drug-likeness (QED) is 0.527. The second-order valence-corrected chi connectivity index (χ2v) is 9.49. The lowest BCUT2D eigenvalue weighted by molar-refractivity contribution is -0.114. The van der Waals surface area contributed by atoms with Gasteiger partial charge in [0.25, 0.3) is 10.0 Å². The van der Waals surface area contributed by atoms with Crippen molar-refractivity contribution in [1.82, 2.24) is 0 Å². The van der Waals surface area contributed by atoms with Crippen LogP contribution in [0.1, 0.15) is 37.8 Å². The molecule has 0 unspecified atom stereocenters. The molecule has 0 bridgehead atoms. The van der Waals surface area contributed by atoms with Gasteiger partial charge in [-0.05, 0) is 53.8 Å². The number of sulfonamides is 1. The summed E-state index contributed by atoms with van der Waals surface area (Å²) in [5, 5.41) is 2.82. The number of para-hydroxylation sites is 1. The summed E-state index contributed by atoms with van der Waals surface area (Å²) in [5.74, 6) is -0.00971. The van der Waals surface area contributed by atoms with Crippen LogP contribution in [0.2, 0.25) is 0 Å². The Labute approximate surface area is 184 Å². The van der Waals surface area contributed by atoms with Crippen molar-refractivity contribution in [2.75, 3.05) is 16.2 Å². The van der Waals surface area contributed by atoms with Gasteiger partial charge in [0.2, 0.25) is 5.91 Å². The van der Waals surface area contributed by atoms with E-state index >= 15 is 0 Å². The molecule has 0 radical (unpaired) electrons. The van der Waals surface area contributed by atoms with Gasteiger partial charge in [-0.3, -0.25) is 9.10 Å². The molecule has 0 saturated heterocycles. The van der Waals surface area contributed by atoms with Gasteiger partial charge in [-0.1, -0.05) is 69.3 Å². The first-order valence-corrected chi connectivity index (χ1v) is 11.8. The highest BCUT2D eigenvalue weighted by Crippen LogP contribution is 2.27. The van der Waals surface area contributed by atoms with Crippen molar-refractivity contribution in [3.8, 4) is 0 Å². The number of amides is 1. The van der Waals surface area contributed by atoms with Gasteiger partial charge >= 0.3 is 0 Å². The first kappa shape index (κ1) is 22.6. The molecule has 0 saturated carbocycles. The zero-order valence-corrected chi connectivity index (χ0v) is 18.9. The van der Waals surface area contributed by atoms with E-state index in [2.05, 4.69) is 19.2 Å². The molecule has 6 heteroatoms. The normalized spacial score (nSPS) is 11.4. The van der Waals surface area contributed by atoms with E-state index in [1.165, 1.54) is 9.87 Å². The first-order valence-electron chi connectivity index (χ1n) is 10.4. The first-order chi connectivity index (χ1) is 14.8. The molecule has 1 amide bonds. The number of hydrogen-bond donors (Lipinski definition) is 1. The lowest BCUT2D eigenvalue weighted by atomic mass is 10.0. The minimum Gasteiger partial charge on any atom is -0.325 e. The fraction of sp³-hybridized carbons (Fsp3) is 0.240. The van der Waals surface area contributed by atoms with Crippen LogP contribution in [0.4, 0.5) is 11.4 Å². The van der Waals surface area contributed by atoms with Gasteiger partial charge in [-0.2, -0.15) is 0 Å². The summed E-state index contributed by atoms with van der Waals surface area (Å²) in [6.07, 6.45) is 0.648. The van der Waals surface area contributed by atoms with Crippen molar-refractivity contribution < 1.29 is 13.2 Å². The average molecular weight is 437 g/mol. The highest BCUT2D eigenvalue weighted by atomic mass is 32.2. The van der Waals surface area contributed by atoms with Gasteiger partial charge in [0.15, 0.2) is 0 Å². The molecule has 0 atom stereocenters. The fourth-order valence-electron chi connectivity index (χ4n) is 3.35. The van der Waals surface area contributed by atoms with E-state index in [9.17, 15) is 13.2 Å². The molecule has 5 nitrogen and oxygen atoms in total. The minimum absolute atomic E-state index is 0.148. The van der Waals surface area contributed by atoms with Crippen molar-refractivity contribution in [1.29, 1.82) is 0 Å². The topological polar surface area (TPSA) is 66.5 Å². The molecular weight excluding hydrogens is 408 g/mol. The van der Waals surface area contributed by atoms with Crippen LogP contribution >= 0.6 is 0 Å². The van der Waals surface area contributed by atoms with E-state index in [1.807, 2.05) is 43.3 Å². The molecule has 3 rings (SSSR count). The molecule has 3 aromatic rings. The number of anilines is 2. The predicted molar refractivity (Wildman–Crippen MR) is 126 cm³/mol.